The van der Waals surface area contributed by atoms with E-state index in [2.05, 4.69) is 6.58 Å². The van der Waals surface area contributed by atoms with Crippen LogP contribution in [0.1, 0.15) is 38.9 Å². The zero-order valence-electron chi connectivity index (χ0n) is 16.5. The Bertz CT molecular complexity index is 647. The molecule has 6 nitrogen and oxygen atoms in total. The van der Waals surface area contributed by atoms with Crippen molar-refractivity contribution in [2.75, 3.05) is 13.9 Å². The number of nitrogens with zero attached hydrogens (tertiary/aromatic N) is 1. The fourth-order valence-corrected chi connectivity index (χ4v) is 3.55. The molecule has 0 N–H and O–H groups in total. The van der Waals surface area contributed by atoms with Crippen LogP contribution in [0.2, 0.25) is 0 Å². The lowest BCUT2D eigenvalue weighted by Crippen LogP contribution is -2.46. The summed E-state index contributed by atoms with van der Waals surface area (Å²) >= 11 is 0. The predicted octanol–water partition coefficient (Wildman–Crippen LogP) is 3.93. The molecule has 0 aliphatic carbocycles. The average molecular weight is 375 g/mol. The van der Waals surface area contributed by atoms with Gasteiger partial charge in [-0.15, -0.1) is 6.58 Å². The van der Waals surface area contributed by atoms with Crippen molar-refractivity contribution in [2.24, 2.45) is 11.8 Å². The van der Waals surface area contributed by atoms with E-state index in [4.69, 9.17) is 14.2 Å². The molecule has 1 aliphatic heterocycles. The lowest BCUT2D eigenvalue weighted by Gasteiger charge is -2.31. The van der Waals surface area contributed by atoms with Crippen molar-refractivity contribution in [1.29, 1.82) is 0 Å². The summed E-state index contributed by atoms with van der Waals surface area (Å²) in [5, 5.41) is 0. The minimum Gasteiger partial charge on any atom is -0.439 e. The SMILES string of the molecule is C=CC[C@H](C)[C@@H](OCOC)[C@H](C)C(=O)N1C(=O)O[C@@H](c2ccccc2)[C@H]1C. The number of carbonyl (C=O) groups is 2. The Morgan fingerprint density at radius 1 is 1.33 bits per heavy atom. The number of imide groups is 1. The predicted molar refractivity (Wildman–Crippen MR) is 102 cm³/mol. The second-order valence-corrected chi connectivity index (χ2v) is 6.99. The molecule has 0 spiro atoms. The lowest BCUT2D eigenvalue weighted by atomic mass is 9.89. The topological polar surface area (TPSA) is 65.1 Å². The number of cyclic esters (lactones) is 1. The van der Waals surface area contributed by atoms with Crippen molar-refractivity contribution in [2.45, 2.75) is 45.4 Å². The van der Waals surface area contributed by atoms with Crippen LogP contribution in [0, 0.1) is 11.8 Å². The highest BCUT2D eigenvalue weighted by Crippen LogP contribution is 2.34. The van der Waals surface area contributed by atoms with E-state index < -0.39 is 30.3 Å². The second kappa shape index (κ2) is 9.67. The number of ether oxygens (including phenoxy) is 3. The lowest BCUT2D eigenvalue weighted by molar-refractivity contribution is -0.148. The Hall–Kier alpha value is -2.18. The standard InChI is InChI=1S/C21H29NO5/c1-6-10-14(2)18(26-13-25-5)15(3)20(23)22-16(4)19(27-21(22)24)17-11-8-7-9-12-17/h6-9,11-12,14-16,18-19H,1,10,13H2,2-5H3/t14-,15-,16+,18+,19+/m0/s1. The summed E-state index contributed by atoms with van der Waals surface area (Å²) in [5.74, 6) is -0.780. The van der Waals surface area contributed by atoms with Crippen LogP contribution in [0.4, 0.5) is 4.79 Å². The number of hydrogen-bond donors (Lipinski definition) is 0. The minimum absolute atomic E-state index is 0.0513. The summed E-state index contributed by atoms with van der Waals surface area (Å²) in [6.07, 6.45) is 1.00. The zero-order chi connectivity index (χ0) is 20.0. The summed E-state index contributed by atoms with van der Waals surface area (Å²) in [6.45, 7) is 9.43. The van der Waals surface area contributed by atoms with E-state index in [1.54, 1.807) is 13.0 Å². The van der Waals surface area contributed by atoms with Crippen molar-refractivity contribution < 1.29 is 23.8 Å². The first kappa shape index (κ1) is 21.1. The molecular formula is C21H29NO5. The summed E-state index contributed by atoms with van der Waals surface area (Å²) in [6, 6.07) is 9.05. The van der Waals surface area contributed by atoms with Crippen molar-refractivity contribution in [1.82, 2.24) is 4.90 Å². The highest BCUT2D eigenvalue weighted by Gasteiger charge is 2.46. The van der Waals surface area contributed by atoms with E-state index in [1.807, 2.05) is 44.2 Å². The van der Waals surface area contributed by atoms with E-state index in [0.29, 0.717) is 6.42 Å². The van der Waals surface area contributed by atoms with Gasteiger partial charge in [0.15, 0.2) is 0 Å². The van der Waals surface area contributed by atoms with Crippen LogP contribution >= 0.6 is 0 Å². The molecule has 1 fully saturated rings. The van der Waals surface area contributed by atoms with Crippen LogP contribution in [0.5, 0.6) is 0 Å². The van der Waals surface area contributed by atoms with E-state index in [-0.39, 0.29) is 18.6 Å². The quantitative estimate of drug-likeness (QED) is 0.483. The Labute approximate surface area is 161 Å². The molecule has 27 heavy (non-hydrogen) atoms. The molecular weight excluding hydrogens is 346 g/mol. The van der Waals surface area contributed by atoms with Gasteiger partial charge < -0.3 is 14.2 Å². The smallest absolute Gasteiger partial charge is 0.417 e. The molecule has 0 bridgehead atoms. The van der Waals surface area contributed by atoms with Crippen LogP contribution in [-0.4, -0.2) is 42.9 Å². The van der Waals surface area contributed by atoms with Gasteiger partial charge in [-0.1, -0.05) is 50.3 Å². The number of rotatable bonds is 9. The number of methoxy groups -OCH3 is 1. The third-order valence-electron chi connectivity index (χ3n) is 5.00. The Balaban J connectivity index is 2.18. The molecule has 5 atom stereocenters. The second-order valence-electron chi connectivity index (χ2n) is 6.99. The monoisotopic (exact) mass is 375 g/mol. The van der Waals surface area contributed by atoms with Gasteiger partial charge in [0.25, 0.3) is 0 Å². The molecule has 1 saturated heterocycles. The molecule has 0 unspecified atom stereocenters. The van der Waals surface area contributed by atoms with Crippen LogP contribution < -0.4 is 0 Å². The maximum atomic E-state index is 13.1. The highest BCUT2D eigenvalue weighted by molar-refractivity contribution is 5.95. The van der Waals surface area contributed by atoms with Gasteiger partial charge in [-0.25, -0.2) is 9.69 Å². The number of allylic oxidation sites excluding steroid dienone is 1. The Kier molecular flexibility index (Phi) is 7.56. The normalized spacial score (nSPS) is 22.8. The molecule has 1 aromatic rings. The largest absolute Gasteiger partial charge is 0.439 e. The molecule has 0 radical (unpaired) electrons. The highest BCUT2D eigenvalue weighted by atomic mass is 16.7. The third kappa shape index (κ3) is 4.76. The average Bonchev–Trinajstić information content (AvgIpc) is 2.96. The van der Waals surface area contributed by atoms with E-state index in [0.717, 1.165) is 5.56 Å². The molecule has 2 rings (SSSR count). The van der Waals surface area contributed by atoms with Crippen LogP contribution in [-0.2, 0) is 19.0 Å². The van der Waals surface area contributed by atoms with Gasteiger partial charge in [0.2, 0.25) is 5.91 Å². The maximum Gasteiger partial charge on any atom is 0.417 e. The first-order chi connectivity index (χ1) is 12.9. The van der Waals surface area contributed by atoms with Gasteiger partial charge in [0, 0.05) is 7.11 Å². The zero-order valence-corrected chi connectivity index (χ0v) is 16.5. The molecule has 6 heteroatoms. The van der Waals surface area contributed by atoms with Gasteiger partial charge in [0.1, 0.15) is 12.9 Å². The van der Waals surface area contributed by atoms with Gasteiger partial charge in [-0.2, -0.15) is 0 Å². The summed E-state index contributed by atoms with van der Waals surface area (Å²) < 4.78 is 16.3. The van der Waals surface area contributed by atoms with Gasteiger partial charge in [-0.05, 0) is 24.8 Å². The van der Waals surface area contributed by atoms with Crippen molar-refractivity contribution >= 4 is 12.0 Å². The Morgan fingerprint density at radius 2 is 2.00 bits per heavy atom. The molecule has 1 aromatic carbocycles. The van der Waals surface area contributed by atoms with Crippen molar-refractivity contribution in [3.8, 4) is 0 Å². The molecule has 0 aromatic heterocycles. The van der Waals surface area contributed by atoms with Gasteiger partial charge in [0.05, 0.1) is 18.1 Å². The third-order valence-corrected chi connectivity index (χ3v) is 5.00. The minimum atomic E-state index is -0.616. The van der Waals surface area contributed by atoms with Gasteiger partial charge in [-0.3, -0.25) is 4.79 Å². The molecule has 1 heterocycles. The van der Waals surface area contributed by atoms with Crippen molar-refractivity contribution in [3.63, 3.8) is 0 Å². The van der Waals surface area contributed by atoms with E-state index >= 15 is 0 Å². The fourth-order valence-electron chi connectivity index (χ4n) is 3.55. The van der Waals surface area contributed by atoms with Crippen LogP contribution in [0.15, 0.2) is 43.0 Å². The molecule has 0 saturated carbocycles. The number of benzene rings is 1. The summed E-state index contributed by atoms with van der Waals surface area (Å²) in [7, 11) is 1.53. The first-order valence-corrected chi connectivity index (χ1v) is 9.22. The molecule has 1 aliphatic rings. The van der Waals surface area contributed by atoms with Crippen LogP contribution in [0.25, 0.3) is 0 Å². The number of hydrogen-bond acceptors (Lipinski definition) is 5. The Morgan fingerprint density at radius 3 is 2.59 bits per heavy atom. The van der Waals surface area contributed by atoms with Gasteiger partial charge >= 0.3 is 6.09 Å². The first-order valence-electron chi connectivity index (χ1n) is 9.22. The van der Waals surface area contributed by atoms with Crippen LogP contribution in [0.3, 0.4) is 0 Å². The number of amides is 2. The fraction of sp³-hybridized carbons (Fsp3) is 0.524. The van der Waals surface area contributed by atoms with E-state index in [1.165, 1.54) is 12.0 Å². The molecule has 2 amide bonds. The maximum absolute atomic E-state index is 13.1. The summed E-state index contributed by atoms with van der Waals surface area (Å²) in [4.78, 5) is 26.8. The van der Waals surface area contributed by atoms with Crippen molar-refractivity contribution in [3.05, 3.63) is 48.6 Å². The molecule has 148 valence electrons. The number of carbonyl (C=O) groups excluding carboxylic acids is 2. The van der Waals surface area contributed by atoms with E-state index in [9.17, 15) is 9.59 Å². The summed E-state index contributed by atoms with van der Waals surface area (Å²) in [5.41, 5.74) is 0.869.